The molecule has 1 saturated heterocycles. The van der Waals surface area contributed by atoms with Crippen molar-refractivity contribution in [2.75, 3.05) is 0 Å². The summed E-state index contributed by atoms with van der Waals surface area (Å²) in [6, 6.07) is 0. The second kappa shape index (κ2) is 6.77. The van der Waals surface area contributed by atoms with E-state index >= 15 is 0 Å². The van der Waals surface area contributed by atoms with Crippen molar-refractivity contribution in [3.05, 3.63) is 0 Å². The van der Waals surface area contributed by atoms with Crippen LogP contribution in [0.5, 0.6) is 0 Å². The van der Waals surface area contributed by atoms with Gasteiger partial charge in [-0.25, -0.2) is 0 Å². The summed E-state index contributed by atoms with van der Waals surface area (Å²) in [6.45, 7) is 6.55. The van der Waals surface area contributed by atoms with Crippen molar-refractivity contribution in [3.8, 4) is 0 Å². The van der Waals surface area contributed by atoms with Gasteiger partial charge in [0, 0.05) is 39.3 Å². The van der Waals surface area contributed by atoms with Crippen molar-refractivity contribution in [2.45, 2.75) is 39.3 Å². The maximum atomic E-state index is 10.2. The summed E-state index contributed by atoms with van der Waals surface area (Å²) in [5.74, 6) is 0. The number of hydrogen-bond donors (Lipinski definition) is 6. The van der Waals surface area contributed by atoms with Gasteiger partial charge in [0.1, 0.15) is 0 Å². The molecular formula is C6H24O12Si6. The Bertz CT molecular complexity index is 332. The van der Waals surface area contributed by atoms with E-state index in [1.807, 2.05) is 0 Å². The minimum Gasteiger partial charge on any atom is -0.391 e. The van der Waals surface area contributed by atoms with E-state index in [0.717, 1.165) is 39.3 Å². The van der Waals surface area contributed by atoms with Gasteiger partial charge < -0.3 is 53.5 Å². The van der Waals surface area contributed by atoms with Crippen molar-refractivity contribution in [1.29, 1.82) is 0 Å². The second-order valence-electron chi connectivity index (χ2n) is 6.00. The highest BCUT2D eigenvalue weighted by molar-refractivity contribution is 6.87. The van der Waals surface area contributed by atoms with Crippen molar-refractivity contribution in [1.82, 2.24) is 0 Å². The molecule has 12 nitrogen and oxygen atoms in total. The average Bonchev–Trinajstić information content (AvgIpc) is 1.98. The Morgan fingerprint density at radius 3 is 0.500 bits per heavy atom. The maximum Gasteiger partial charge on any atom is 0.480 e. The van der Waals surface area contributed by atoms with Gasteiger partial charge in [0.15, 0.2) is 0 Å². The summed E-state index contributed by atoms with van der Waals surface area (Å²) in [7, 11) is -25.0. The molecule has 0 aromatic rings. The zero-order valence-electron chi connectivity index (χ0n) is 14.1. The van der Waals surface area contributed by atoms with Crippen LogP contribution in [0.3, 0.4) is 0 Å². The summed E-state index contributed by atoms with van der Waals surface area (Å²) in [6.07, 6.45) is 0. The SMILES string of the molecule is C[Si]1(O)O[Si](C)(O)O[Si](C)(O)O[Si](C)(O)O[Si](C)(O)O[Si](C)(O)O1. The molecule has 0 atom stereocenters. The first kappa shape index (κ1) is 22.9. The Balaban J connectivity index is 3.24. The predicted molar refractivity (Wildman–Crippen MR) is 89.5 cm³/mol. The molecule has 1 rings (SSSR count). The van der Waals surface area contributed by atoms with Gasteiger partial charge in [-0.3, -0.25) is 0 Å². The van der Waals surface area contributed by atoms with Crippen LogP contribution in [-0.4, -0.2) is 81.6 Å². The minimum absolute atomic E-state index is 1.09. The lowest BCUT2D eigenvalue weighted by Gasteiger charge is -2.40. The summed E-state index contributed by atoms with van der Waals surface area (Å²) < 4.78 is 30.4. The van der Waals surface area contributed by atoms with Crippen LogP contribution in [0.2, 0.25) is 39.3 Å². The molecule has 6 N–H and O–H groups in total. The molecule has 0 amide bonds. The average molecular weight is 457 g/mol. The molecule has 0 aromatic carbocycles. The Kier molecular flexibility index (Phi) is 6.44. The van der Waals surface area contributed by atoms with E-state index in [9.17, 15) is 28.8 Å². The Labute approximate surface area is 146 Å². The van der Waals surface area contributed by atoms with Gasteiger partial charge in [0.2, 0.25) is 0 Å². The highest BCUT2D eigenvalue weighted by Crippen LogP contribution is 2.26. The highest BCUT2D eigenvalue weighted by atomic mass is 28.6. The van der Waals surface area contributed by atoms with Gasteiger partial charge in [-0.05, 0) is 0 Å². The summed E-state index contributed by atoms with van der Waals surface area (Å²) >= 11 is 0. The van der Waals surface area contributed by atoms with Crippen LogP contribution in [-0.2, 0) is 24.7 Å². The molecule has 144 valence electrons. The fraction of sp³-hybridized carbons (Fsp3) is 1.00. The van der Waals surface area contributed by atoms with E-state index in [1.54, 1.807) is 0 Å². The highest BCUT2D eigenvalue weighted by Gasteiger charge is 2.58. The van der Waals surface area contributed by atoms with E-state index in [0.29, 0.717) is 0 Å². The molecule has 0 aliphatic carbocycles. The molecule has 1 fully saturated rings. The monoisotopic (exact) mass is 456 g/mol. The second-order valence-corrected chi connectivity index (χ2v) is 21.7. The first-order valence-corrected chi connectivity index (χ1v) is 20.4. The molecule has 0 spiro atoms. The Hall–Kier alpha value is 0.821. The summed E-state index contributed by atoms with van der Waals surface area (Å²) in [4.78, 5) is 61.2. The zero-order chi connectivity index (χ0) is 19.2. The lowest BCUT2D eigenvalue weighted by atomic mass is 11.9. The first-order valence-electron chi connectivity index (χ1n) is 6.79. The maximum absolute atomic E-state index is 10.2. The molecule has 0 radical (unpaired) electrons. The third-order valence-corrected chi connectivity index (χ3v) is 20.5. The first-order chi connectivity index (χ1) is 10.2. The number of rotatable bonds is 0. The van der Waals surface area contributed by atoms with Crippen LogP contribution in [0.4, 0.5) is 0 Å². The standard InChI is InChI=1S/C6H24O12Si6/c1-19(7)13-20(2,8)15-22(4,10)17-24(6,12)18-23(5,11)16-21(3,9)14-19/h7-12H,1-6H3. The van der Waals surface area contributed by atoms with Crippen LogP contribution >= 0.6 is 0 Å². The molecule has 1 aliphatic rings. The van der Waals surface area contributed by atoms with Gasteiger partial charge in [-0.1, -0.05) is 0 Å². The summed E-state index contributed by atoms with van der Waals surface area (Å²) in [5, 5.41) is 0. The molecule has 0 aromatic heterocycles. The quantitative estimate of drug-likeness (QED) is 0.211. The zero-order valence-corrected chi connectivity index (χ0v) is 20.1. The van der Waals surface area contributed by atoms with E-state index in [1.165, 1.54) is 0 Å². The van der Waals surface area contributed by atoms with Crippen molar-refractivity contribution >= 4 is 52.8 Å². The molecule has 0 saturated carbocycles. The van der Waals surface area contributed by atoms with Gasteiger partial charge in [0.05, 0.1) is 0 Å². The molecular weight excluding hydrogens is 433 g/mol. The van der Waals surface area contributed by atoms with Crippen molar-refractivity contribution in [2.24, 2.45) is 0 Å². The van der Waals surface area contributed by atoms with Gasteiger partial charge in [-0.2, -0.15) is 0 Å². The molecule has 24 heavy (non-hydrogen) atoms. The largest absolute Gasteiger partial charge is 0.480 e. The van der Waals surface area contributed by atoms with Crippen LogP contribution < -0.4 is 0 Å². The van der Waals surface area contributed by atoms with Gasteiger partial charge in [-0.15, -0.1) is 0 Å². The van der Waals surface area contributed by atoms with Crippen molar-refractivity contribution in [3.63, 3.8) is 0 Å². The van der Waals surface area contributed by atoms with E-state index < -0.39 is 52.8 Å². The lowest BCUT2D eigenvalue weighted by molar-refractivity contribution is 0.0822. The Morgan fingerprint density at radius 2 is 0.417 bits per heavy atom. The topological polar surface area (TPSA) is 177 Å². The normalized spacial score (nSPS) is 55.5. The predicted octanol–water partition coefficient (Wildman–Crippen LogP) is -2.53. The Morgan fingerprint density at radius 1 is 0.333 bits per heavy atom. The molecule has 1 aliphatic heterocycles. The minimum atomic E-state index is -4.16. The molecule has 0 bridgehead atoms. The fourth-order valence-electron chi connectivity index (χ4n) is 2.23. The molecule has 0 unspecified atom stereocenters. The third kappa shape index (κ3) is 8.01. The third-order valence-electron chi connectivity index (χ3n) is 2.27. The van der Waals surface area contributed by atoms with Gasteiger partial charge >= 0.3 is 52.8 Å². The summed E-state index contributed by atoms with van der Waals surface area (Å²) in [5.41, 5.74) is 0. The molecule has 18 heteroatoms. The van der Waals surface area contributed by atoms with Crippen molar-refractivity contribution < 1.29 is 53.5 Å². The van der Waals surface area contributed by atoms with E-state index in [-0.39, 0.29) is 0 Å². The molecule has 1 heterocycles. The van der Waals surface area contributed by atoms with Crippen LogP contribution in [0.15, 0.2) is 0 Å². The lowest BCUT2D eigenvalue weighted by Crippen LogP contribution is -2.68. The van der Waals surface area contributed by atoms with Crippen LogP contribution in [0.1, 0.15) is 0 Å². The number of hydrogen-bond acceptors (Lipinski definition) is 12. The smallest absolute Gasteiger partial charge is 0.391 e. The van der Waals surface area contributed by atoms with Crippen LogP contribution in [0.25, 0.3) is 0 Å². The van der Waals surface area contributed by atoms with Gasteiger partial charge in [0.25, 0.3) is 0 Å². The van der Waals surface area contributed by atoms with E-state index in [4.69, 9.17) is 24.7 Å². The fourth-order valence-corrected chi connectivity index (χ4v) is 22.3. The van der Waals surface area contributed by atoms with Crippen LogP contribution in [0, 0.1) is 0 Å². The van der Waals surface area contributed by atoms with E-state index in [2.05, 4.69) is 0 Å².